The highest BCUT2D eigenvalue weighted by molar-refractivity contribution is 5.60. The first-order valence-corrected chi connectivity index (χ1v) is 7.75. The van der Waals surface area contributed by atoms with Crippen LogP contribution in [-0.2, 0) is 4.79 Å². The molecule has 1 saturated heterocycles. The number of rotatable bonds is 3. The Labute approximate surface area is 112 Å². The van der Waals surface area contributed by atoms with Crippen LogP contribution in [0.4, 0.5) is 0 Å². The fourth-order valence-corrected chi connectivity index (χ4v) is 4.08. The van der Waals surface area contributed by atoms with E-state index in [0.29, 0.717) is 6.04 Å². The molecule has 2 heteroatoms. The van der Waals surface area contributed by atoms with Gasteiger partial charge in [0, 0.05) is 18.0 Å². The van der Waals surface area contributed by atoms with E-state index in [4.69, 9.17) is 0 Å². The summed E-state index contributed by atoms with van der Waals surface area (Å²) in [5.41, 5.74) is -0.0352. The van der Waals surface area contributed by atoms with Crippen molar-refractivity contribution in [2.24, 2.45) is 17.3 Å². The average Bonchev–Trinajstić information content (AvgIpc) is 2.33. The standard InChI is InChI=1S/C16H29NO/c1-13-6-8-17(15(3)9-13)11-16(12-18)7-4-5-14(2)10-16/h12-15H,4-11H2,1-3H3. The molecule has 104 valence electrons. The first kappa shape index (κ1) is 14.0. The quantitative estimate of drug-likeness (QED) is 0.716. The Balaban J connectivity index is 1.99. The fraction of sp³-hybridized carbons (Fsp3) is 0.938. The minimum absolute atomic E-state index is 0.0352. The van der Waals surface area contributed by atoms with Crippen LogP contribution >= 0.6 is 0 Å². The van der Waals surface area contributed by atoms with E-state index in [2.05, 4.69) is 25.7 Å². The highest BCUT2D eigenvalue weighted by Gasteiger charge is 2.38. The zero-order valence-electron chi connectivity index (χ0n) is 12.3. The topological polar surface area (TPSA) is 20.3 Å². The highest BCUT2D eigenvalue weighted by atomic mass is 16.1. The van der Waals surface area contributed by atoms with Crippen molar-refractivity contribution in [2.75, 3.05) is 13.1 Å². The maximum absolute atomic E-state index is 11.6. The summed E-state index contributed by atoms with van der Waals surface area (Å²) in [6, 6.07) is 0.655. The van der Waals surface area contributed by atoms with Crippen molar-refractivity contribution in [1.29, 1.82) is 0 Å². The van der Waals surface area contributed by atoms with E-state index in [0.717, 1.165) is 31.2 Å². The van der Waals surface area contributed by atoms with Crippen LogP contribution in [0.5, 0.6) is 0 Å². The third-order valence-corrected chi connectivity index (χ3v) is 5.17. The van der Waals surface area contributed by atoms with Crippen molar-refractivity contribution in [3.8, 4) is 0 Å². The van der Waals surface area contributed by atoms with Gasteiger partial charge in [0.15, 0.2) is 0 Å². The fourth-order valence-electron chi connectivity index (χ4n) is 4.08. The van der Waals surface area contributed by atoms with E-state index >= 15 is 0 Å². The maximum atomic E-state index is 11.6. The molecule has 1 saturated carbocycles. The zero-order chi connectivity index (χ0) is 13.2. The Morgan fingerprint density at radius 2 is 2.00 bits per heavy atom. The SMILES string of the molecule is CC1CCN(CC2(C=O)CCCC(C)C2)C(C)C1. The molecular weight excluding hydrogens is 222 g/mol. The second kappa shape index (κ2) is 5.73. The molecule has 4 atom stereocenters. The molecule has 18 heavy (non-hydrogen) atoms. The summed E-state index contributed by atoms with van der Waals surface area (Å²) < 4.78 is 0. The van der Waals surface area contributed by atoms with Gasteiger partial charge in [-0.2, -0.15) is 0 Å². The highest BCUT2D eigenvalue weighted by Crippen LogP contribution is 2.39. The Hall–Kier alpha value is -0.370. The second-order valence-corrected chi connectivity index (χ2v) is 7.13. The molecule has 2 aliphatic rings. The Morgan fingerprint density at radius 1 is 1.22 bits per heavy atom. The van der Waals surface area contributed by atoms with Gasteiger partial charge in [-0.05, 0) is 51.0 Å². The van der Waals surface area contributed by atoms with Gasteiger partial charge in [-0.1, -0.05) is 26.7 Å². The molecule has 1 aliphatic heterocycles. The lowest BCUT2D eigenvalue weighted by Gasteiger charge is -2.44. The van der Waals surface area contributed by atoms with Crippen LogP contribution in [-0.4, -0.2) is 30.3 Å². The van der Waals surface area contributed by atoms with E-state index in [1.807, 2.05) is 0 Å². The van der Waals surface area contributed by atoms with Gasteiger partial charge in [-0.25, -0.2) is 0 Å². The predicted molar refractivity (Wildman–Crippen MR) is 75.6 cm³/mol. The van der Waals surface area contributed by atoms with Gasteiger partial charge < -0.3 is 4.79 Å². The molecule has 2 nitrogen and oxygen atoms in total. The number of carbonyl (C=O) groups excluding carboxylic acids is 1. The molecule has 4 unspecified atom stereocenters. The number of aldehydes is 1. The minimum atomic E-state index is -0.0352. The molecule has 2 fully saturated rings. The van der Waals surface area contributed by atoms with Crippen LogP contribution < -0.4 is 0 Å². The van der Waals surface area contributed by atoms with Gasteiger partial charge in [-0.15, -0.1) is 0 Å². The molecule has 0 radical (unpaired) electrons. The largest absolute Gasteiger partial charge is 0.303 e. The molecular formula is C16H29NO. The van der Waals surface area contributed by atoms with Crippen LogP contribution in [0.3, 0.4) is 0 Å². The summed E-state index contributed by atoms with van der Waals surface area (Å²) in [6.45, 7) is 9.19. The van der Waals surface area contributed by atoms with E-state index < -0.39 is 0 Å². The number of nitrogens with zero attached hydrogens (tertiary/aromatic N) is 1. The number of hydrogen-bond donors (Lipinski definition) is 0. The molecule has 0 N–H and O–H groups in total. The number of carbonyl (C=O) groups is 1. The Morgan fingerprint density at radius 3 is 2.61 bits per heavy atom. The van der Waals surface area contributed by atoms with Crippen LogP contribution in [0.1, 0.15) is 59.3 Å². The minimum Gasteiger partial charge on any atom is -0.303 e. The van der Waals surface area contributed by atoms with E-state index in [1.165, 1.54) is 38.5 Å². The molecule has 0 bridgehead atoms. The summed E-state index contributed by atoms with van der Waals surface area (Å²) in [7, 11) is 0. The molecule has 0 aromatic heterocycles. The second-order valence-electron chi connectivity index (χ2n) is 7.13. The summed E-state index contributed by atoms with van der Waals surface area (Å²) in [4.78, 5) is 14.2. The van der Waals surface area contributed by atoms with Crippen LogP contribution in [0.2, 0.25) is 0 Å². The van der Waals surface area contributed by atoms with Crippen LogP contribution in [0.15, 0.2) is 0 Å². The lowest BCUT2D eigenvalue weighted by molar-refractivity contribution is -0.120. The van der Waals surface area contributed by atoms with Crippen LogP contribution in [0, 0.1) is 17.3 Å². The Kier molecular flexibility index (Phi) is 4.47. The normalized spacial score (nSPS) is 42.7. The van der Waals surface area contributed by atoms with Gasteiger partial charge in [0.1, 0.15) is 6.29 Å². The maximum Gasteiger partial charge on any atom is 0.127 e. The van der Waals surface area contributed by atoms with Crippen molar-refractivity contribution < 1.29 is 4.79 Å². The number of likely N-dealkylation sites (tertiary alicyclic amines) is 1. The van der Waals surface area contributed by atoms with Crippen molar-refractivity contribution in [3.05, 3.63) is 0 Å². The monoisotopic (exact) mass is 251 g/mol. The molecule has 0 aromatic carbocycles. The van der Waals surface area contributed by atoms with Gasteiger partial charge in [0.05, 0.1) is 0 Å². The van der Waals surface area contributed by atoms with Gasteiger partial charge >= 0.3 is 0 Å². The average molecular weight is 251 g/mol. The molecule has 0 spiro atoms. The summed E-state index contributed by atoms with van der Waals surface area (Å²) in [6.07, 6.45) is 8.64. The summed E-state index contributed by atoms with van der Waals surface area (Å²) >= 11 is 0. The van der Waals surface area contributed by atoms with Gasteiger partial charge in [0.2, 0.25) is 0 Å². The molecule has 0 amide bonds. The predicted octanol–water partition coefficient (Wildman–Crippen LogP) is 3.50. The van der Waals surface area contributed by atoms with Crippen molar-refractivity contribution >= 4 is 6.29 Å². The van der Waals surface area contributed by atoms with Crippen molar-refractivity contribution in [2.45, 2.75) is 65.3 Å². The van der Waals surface area contributed by atoms with Gasteiger partial charge in [0.25, 0.3) is 0 Å². The summed E-state index contributed by atoms with van der Waals surface area (Å²) in [5.74, 6) is 1.58. The van der Waals surface area contributed by atoms with Crippen molar-refractivity contribution in [3.63, 3.8) is 0 Å². The lowest BCUT2D eigenvalue weighted by atomic mass is 9.70. The number of hydrogen-bond acceptors (Lipinski definition) is 2. The molecule has 1 aliphatic carbocycles. The Bertz CT molecular complexity index is 291. The van der Waals surface area contributed by atoms with Gasteiger partial charge in [-0.3, -0.25) is 4.90 Å². The third-order valence-electron chi connectivity index (χ3n) is 5.17. The lowest BCUT2D eigenvalue weighted by Crippen LogP contribution is -2.48. The van der Waals surface area contributed by atoms with Crippen molar-refractivity contribution in [1.82, 2.24) is 4.90 Å². The number of piperidine rings is 1. The first-order chi connectivity index (χ1) is 8.54. The summed E-state index contributed by atoms with van der Waals surface area (Å²) in [5, 5.41) is 0. The molecule has 1 heterocycles. The van der Waals surface area contributed by atoms with E-state index in [1.54, 1.807) is 0 Å². The molecule has 0 aromatic rings. The van der Waals surface area contributed by atoms with E-state index in [-0.39, 0.29) is 5.41 Å². The zero-order valence-corrected chi connectivity index (χ0v) is 12.3. The van der Waals surface area contributed by atoms with E-state index in [9.17, 15) is 4.79 Å². The molecule has 2 rings (SSSR count). The smallest absolute Gasteiger partial charge is 0.127 e. The third kappa shape index (κ3) is 3.14. The van der Waals surface area contributed by atoms with Crippen LogP contribution in [0.25, 0.3) is 0 Å². The first-order valence-electron chi connectivity index (χ1n) is 7.75.